The Balaban J connectivity index is 1.99. The first kappa shape index (κ1) is 13.8. The summed E-state index contributed by atoms with van der Waals surface area (Å²) >= 11 is 3.42. The van der Waals surface area contributed by atoms with Crippen molar-refractivity contribution in [1.82, 2.24) is 0 Å². The first-order chi connectivity index (χ1) is 10.1. The van der Waals surface area contributed by atoms with Crippen LogP contribution in [-0.2, 0) is 6.42 Å². The monoisotopic (exact) mass is 339 g/mol. The average Bonchev–Trinajstić information content (AvgIpc) is 2.50. The van der Waals surface area contributed by atoms with Gasteiger partial charge in [0, 0.05) is 22.1 Å². The largest absolute Gasteiger partial charge is 0.399 e. The maximum Gasteiger partial charge on any atom is 0.168 e. The van der Waals surface area contributed by atoms with Crippen molar-refractivity contribution in [1.29, 1.82) is 0 Å². The Bertz CT molecular complexity index is 821. The van der Waals surface area contributed by atoms with Gasteiger partial charge in [0.15, 0.2) is 5.78 Å². The summed E-state index contributed by atoms with van der Waals surface area (Å²) < 4.78 is 0.780. The molecule has 3 aromatic rings. The fourth-order valence-electron chi connectivity index (χ4n) is 2.47. The van der Waals surface area contributed by atoms with Gasteiger partial charge in [0.05, 0.1) is 0 Å². The summed E-state index contributed by atoms with van der Waals surface area (Å²) in [4.78, 5) is 12.5. The molecule has 0 aliphatic heterocycles. The van der Waals surface area contributed by atoms with Crippen LogP contribution in [0.5, 0.6) is 0 Å². The van der Waals surface area contributed by atoms with Gasteiger partial charge in [-0.15, -0.1) is 0 Å². The van der Waals surface area contributed by atoms with Crippen molar-refractivity contribution in [3.8, 4) is 0 Å². The molecule has 0 spiro atoms. The second kappa shape index (κ2) is 5.70. The molecule has 3 heteroatoms. The lowest BCUT2D eigenvalue weighted by atomic mass is 9.97. The fourth-order valence-corrected chi connectivity index (χ4v) is 2.94. The minimum Gasteiger partial charge on any atom is -0.399 e. The first-order valence-corrected chi connectivity index (χ1v) is 7.49. The Hall–Kier alpha value is -2.13. The molecule has 0 saturated heterocycles. The molecule has 0 unspecified atom stereocenters. The number of nitrogens with two attached hydrogens (primary N) is 1. The van der Waals surface area contributed by atoms with Gasteiger partial charge in [0.2, 0.25) is 0 Å². The van der Waals surface area contributed by atoms with Crippen molar-refractivity contribution >= 4 is 38.2 Å². The van der Waals surface area contributed by atoms with Crippen LogP contribution in [0.1, 0.15) is 15.9 Å². The van der Waals surface area contributed by atoms with E-state index in [0.29, 0.717) is 17.7 Å². The lowest BCUT2D eigenvalue weighted by molar-refractivity contribution is 0.0992. The molecule has 0 bridgehead atoms. The summed E-state index contributed by atoms with van der Waals surface area (Å²) in [5, 5.41) is 2.27. The lowest BCUT2D eigenvalue weighted by Crippen LogP contribution is -2.05. The number of ketones is 1. The summed E-state index contributed by atoms with van der Waals surface area (Å²) in [6.07, 6.45) is 0.364. The van der Waals surface area contributed by atoms with Crippen LogP contribution in [0, 0.1) is 0 Å². The number of carbonyl (C=O) groups excluding carboxylic acids is 1. The van der Waals surface area contributed by atoms with E-state index in [-0.39, 0.29) is 5.78 Å². The molecule has 0 atom stereocenters. The molecule has 2 nitrogen and oxygen atoms in total. The first-order valence-electron chi connectivity index (χ1n) is 6.70. The van der Waals surface area contributed by atoms with E-state index >= 15 is 0 Å². The minimum atomic E-state index is 0.0607. The third-order valence-corrected chi connectivity index (χ3v) is 4.21. The number of fused-ring (bicyclic) bond motifs is 1. The number of nitrogen functional groups attached to an aromatic ring is 1. The van der Waals surface area contributed by atoms with Crippen molar-refractivity contribution < 1.29 is 4.79 Å². The van der Waals surface area contributed by atoms with E-state index in [4.69, 9.17) is 5.73 Å². The molecule has 2 N–H and O–H groups in total. The van der Waals surface area contributed by atoms with E-state index < -0.39 is 0 Å². The van der Waals surface area contributed by atoms with Crippen molar-refractivity contribution in [3.05, 3.63) is 76.3 Å². The molecular weight excluding hydrogens is 326 g/mol. The number of halogens is 1. The second-order valence-electron chi connectivity index (χ2n) is 4.98. The molecular formula is C18H14BrNO. The Morgan fingerprint density at radius 1 is 1.00 bits per heavy atom. The molecule has 0 fully saturated rings. The van der Waals surface area contributed by atoms with Gasteiger partial charge in [-0.05, 0) is 34.5 Å². The molecule has 0 saturated carbocycles. The van der Waals surface area contributed by atoms with Gasteiger partial charge < -0.3 is 5.73 Å². The summed E-state index contributed by atoms with van der Waals surface area (Å²) in [5.41, 5.74) is 8.04. The van der Waals surface area contributed by atoms with Gasteiger partial charge in [-0.2, -0.15) is 0 Å². The third kappa shape index (κ3) is 2.83. The van der Waals surface area contributed by atoms with E-state index in [1.165, 1.54) is 0 Å². The molecule has 3 aromatic carbocycles. The second-order valence-corrected chi connectivity index (χ2v) is 5.83. The van der Waals surface area contributed by atoms with Crippen molar-refractivity contribution in [2.45, 2.75) is 6.42 Å². The van der Waals surface area contributed by atoms with Crippen LogP contribution >= 0.6 is 15.9 Å². The molecule has 21 heavy (non-hydrogen) atoms. The minimum absolute atomic E-state index is 0.0607. The van der Waals surface area contributed by atoms with Gasteiger partial charge in [-0.3, -0.25) is 4.79 Å². The number of Topliss-reactive ketones (excluding diaryl/α,β-unsaturated/α-hetero) is 1. The van der Waals surface area contributed by atoms with Crippen LogP contribution in [0.2, 0.25) is 0 Å². The third-order valence-electron chi connectivity index (χ3n) is 3.52. The maximum atomic E-state index is 12.5. The fraction of sp³-hybridized carbons (Fsp3) is 0.0556. The summed E-state index contributed by atoms with van der Waals surface area (Å²) in [6, 6.07) is 19.4. The van der Waals surface area contributed by atoms with E-state index in [1.54, 1.807) is 12.1 Å². The zero-order valence-electron chi connectivity index (χ0n) is 11.3. The van der Waals surface area contributed by atoms with Gasteiger partial charge in [-0.1, -0.05) is 58.4 Å². The normalized spacial score (nSPS) is 10.7. The smallest absolute Gasteiger partial charge is 0.168 e. The molecule has 0 aliphatic carbocycles. The number of hydrogen-bond acceptors (Lipinski definition) is 2. The molecule has 0 aliphatic rings. The molecule has 0 heterocycles. The topological polar surface area (TPSA) is 43.1 Å². The van der Waals surface area contributed by atoms with Crippen LogP contribution in [0.3, 0.4) is 0 Å². The van der Waals surface area contributed by atoms with Crippen LogP contribution in [0.4, 0.5) is 5.69 Å². The van der Waals surface area contributed by atoms with Crippen LogP contribution in [0.25, 0.3) is 10.8 Å². The summed E-state index contributed by atoms with van der Waals surface area (Å²) in [7, 11) is 0. The number of rotatable bonds is 3. The van der Waals surface area contributed by atoms with E-state index in [1.807, 2.05) is 36.4 Å². The van der Waals surface area contributed by atoms with E-state index in [2.05, 4.69) is 28.1 Å². The van der Waals surface area contributed by atoms with Gasteiger partial charge >= 0.3 is 0 Å². The van der Waals surface area contributed by atoms with Crippen molar-refractivity contribution in [2.75, 3.05) is 5.73 Å². The van der Waals surface area contributed by atoms with Crippen LogP contribution < -0.4 is 5.73 Å². The Morgan fingerprint density at radius 3 is 2.62 bits per heavy atom. The van der Waals surface area contributed by atoms with Crippen LogP contribution in [-0.4, -0.2) is 5.78 Å². The highest BCUT2D eigenvalue weighted by atomic mass is 79.9. The predicted molar refractivity (Wildman–Crippen MR) is 90.5 cm³/mol. The number of anilines is 1. The van der Waals surface area contributed by atoms with E-state index in [9.17, 15) is 4.79 Å². The Morgan fingerprint density at radius 2 is 1.76 bits per heavy atom. The summed E-state index contributed by atoms with van der Waals surface area (Å²) in [6.45, 7) is 0. The SMILES string of the molecule is Nc1ccc(Br)c(C(=O)Cc2cccc3ccccc23)c1. The molecule has 0 amide bonds. The quantitative estimate of drug-likeness (QED) is 0.559. The number of hydrogen-bond donors (Lipinski definition) is 1. The van der Waals surface area contributed by atoms with Gasteiger partial charge in [-0.25, -0.2) is 0 Å². The van der Waals surface area contributed by atoms with Gasteiger partial charge in [0.25, 0.3) is 0 Å². The predicted octanol–water partition coefficient (Wildman–Crippen LogP) is 4.61. The van der Waals surface area contributed by atoms with E-state index in [0.717, 1.165) is 20.8 Å². The molecule has 104 valence electrons. The Kier molecular flexibility index (Phi) is 3.76. The van der Waals surface area contributed by atoms with Crippen molar-refractivity contribution in [2.24, 2.45) is 0 Å². The standard InChI is InChI=1S/C18H14BrNO/c19-17-9-8-14(20)11-16(17)18(21)10-13-6-3-5-12-4-1-2-7-15(12)13/h1-9,11H,10,20H2. The average molecular weight is 340 g/mol. The highest BCUT2D eigenvalue weighted by Gasteiger charge is 2.12. The molecule has 0 aromatic heterocycles. The highest BCUT2D eigenvalue weighted by Crippen LogP contribution is 2.24. The van der Waals surface area contributed by atoms with Gasteiger partial charge in [0.1, 0.15) is 0 Å². The zero-order valence-corrected chi connectivity index (χ0v) is 12.9. The molecule has 3 rings (SSSR count). The number of carbonyl (C=O) groups is 1. The zero-order chi connectivity index (χ0) is 14.8. The van der Waals surface area contributed by atoms with Crippen molar-refractivity contribution in [3.63, 3.8) is 0 Å². The molecule has 0 radical (unpaired) electrons. The maximum absolute atomic E-state index is 12.5. The highest BCUT2D eigenvalue weighted by molar-refractivity contribution is 9.10. The number of benzene rings is 3. The van der Waals surface area contributed by atoms with Crippen LogP contribution in [0.15, 0.2) is 65.1 Å². The summed E-state index contributed by atoms with van der Waals surface area (Å²) in [5.74, 6) is 0.0607. The lowest BCUT2D eigenvalue weighted by Gasteiger charge is -2.08. The Labute approximate surface area is 131 Å².